The van der Waals surface area contributed by atoms with Crippen LogP contribution in [0.15, 0.2) is 17.0 Å². The number of rotatable bonds is 4. The van der Waals surface area contributed by atoms with Crippen LogP contribution in [0.1, 0.15) is 42.5 Å². The Morgan fingerprint density at radius 2 is 1.96 bits per heavy atom. The second-order valence-electron chi connectivity index (χ2n) is 7.83. The van der Waals surface area contributed by atoms with Gasteiger partial charge in [0.25, 0.3) is 0 Å². The van der Waals surface area contributed by atoms with Crippen molar-refractivity contribution in [2.45, 2.75) is 38.6 Å². The number of hydrogen-bond donors (Lipinski definition) is 0. The molecule has 2 unspecified atom stereocenters. The molecule has 25 heavy (non-hydrogen) atoms. The number of hydrogen-bond acceptors (Lipinski definition) is 7. The van der Waals surface area contributed by atoms with Crippen LogP contribution in [0.25, 0.3) is 0 Å². The van der Waals surface area contributed by atoms with Crippen molar-refractivity contribution in [1.29, 1.82) is 0 Å². The largest absolute Gasteiger partial charge is 0.356 e. The van der Waals surface area contributed by atoms with E-state index in [1.54, 1.807) is 6.33 Å². The monoisotopic (exact) mass is 340 g/mol. The molecular formula is C18H24N6O. The molecule has 0 aromatic carbocycles. The second-order valence-corrected chi connectivity index (χ2v) is 7.83. The molecule has 7 nitrogen and oxygen atoms in total. The SMILES string of the molecule is Cc1cncnc1N1CC2CN(Cc3noc(C4CCC4)n3)CC2C1. The van der Waals surface area contributed by atoms with Crippen LogP contribution in [-0.4, -0.2) is 51.2 Å². The van der Waals surface area contributed by atoms with Gasteiger partial charge in [-0.15, -0.1) is 0 Å². The molecule has 0 bridgehead atoms. The Kier molecular flexibility index (Phi) is 3.69. The van der Waals surface area contributed by atoms with Crippen molar-refractivity contribution in [3.05, 3.63) is 29.8 Å². The lowest BCUT2D eigenvalue weighted by atomic mass is 9.85. The van der Waals surface area contributed by atoms with Gasteiger partial charge in [-0.1, -0.05) is 11.6 Å². The summed E-state index contributed by atoms with van der Waals surface area (Å²) in [5, 5.41) is 4.20. The molecule has 4 heterocycles. The molecular weight excluding hydrogens is 316 g/mol. The van der Waals surface area contributed by atoms with Crippen LogP contribution in [-0.2, 0) is 6.54 Å². The highest BCUT2D eigenvalue weighted by Gasteiger charge is 2.41. The molecule has 2 saturated heterocycles. The van der Waals surface area contributed by atoms with E-state index >= 15 is 0 Å². The predicted molar refractivity (Wildman–Crippen MR) is 92.1 cm³/mol. The molecule has 3 fully saturated rings. The van der Waals surface area contributed by atoms with Crippen LogP contribution >= 0.6 is 0 Å². The highest BCUT2D eigenvalue weighted by atomic mass is 16.5. The maximum absolute atomic E-state index is 5.45. The second kappa shape index (κ2) is 6.05. The van der Waals surface area contributed by atoms with Crippen molar-refractivity contribution in [2.75, 3.05) is 31.1 Å². The Labute approximate surface area is 147 Å². The van der Waals surface area contributed by atoms with Gasteiger partial charge < -0.3 is 9.42 Å². The van der Waals surface area contributed by atoms with Gasteiger partial charge in [-0.3, -0.25) is 4.90 Å². The molecule has 7 heteroatoms. The van der Waals surface area contributed by atoms with E-state index in [2.05, 4.69) is 36.8 Å². The number of anilines is 1. The molecule has 0 amide bonds. The Hall–Kier alpha value is -2.02. The standard InChI is InChI=1S/C18H24N6O/c1-12-5-19-11-20-17(12)24-8-14-6-23(7-15(14)9-24)10-16-21-18(25-22-16)13-3-2-4-13/h5,11,13-15H,2-4,6-10H2,1H3. The molecule has 132 valence electrons. The summed E-state index contributed by atoms with van der Waals surface area (Å²) in [7, 11) is 0. The molecule has 2 atom stereocenters. The van der Waals surface area contributed by atoms with Gasteiger partial charge in [0.15, 0.2) is 5.82 Å². The van der Waals surface area contributed by atoms with E-state index in [9.17, 15) is 0 Å². The summed E-state index contributed by atoms with van der Waals surface area (Å²) in [5.74, 6) is 4.72. The van der Waals surface area contributed by atoms with E-state index in [0.717, 1.165) is 55.8 Å². The molecule has 2 aliphatic heterocycles. The first-order valence-corrected chi connectivity index (χ1v) is 9.32. The zero-order valence-corrected chi connectivity index (χ0v) is 14.6. The summed E-state index contributed by atoms with van der Waals surface area (Å²) in [5.41, 5.74) is 1.16. The third-order valence-electron chi connectivity index (χ3n) is 6.03. The van der Waals surface area contributed by atoms with Crippen molar-refractivity contribution in [3.63, 3.8) is 0 Å². The van der Waals surface area contributed by atoms with E-state index in [-0.39, 0.29) is 0 Å². The van der Waals surface area contributed by atoms with Gasteiger partial charge in [0.2, 0.25) is 5.89 Å². The maximum atomic E-state index is 5.45. The molecule has 0 radical (unpaired) electrons. The van der Waals surface area contributed by atoms with E-state index in [1.165, 1.54) is 19.3 Å². The van der Waals surface area contributed by atoms with Crippen LogP contribution in [0.2, 0.25) is 0 Å². The van der Waals surface area contributed by atoms with Crippen LogP contribution in [0, 0.1) is 18.8 Å². The zero-order valence-electron chi connectivity index (χ0n) is 14.6. The summed E-state index contributed by atoms with van der Waals surface area (Å²) in [6, 6.07) is 0. The Balaban J connectivity index is 1.19. The summed E-state index contributed by atoms with van der Waals surface area (Å²) in [6.45, 7) is 7.29. The quantitative estimate of drug-likeness (QED) is 0.843. The third-order valence-corrected chi connectivity index (χ3v) is 6.03. The van der Waals surface area contributed by atoms with Gasteiger partial charge in [0.1, 0.15) is 12.1 Å². The van der Waals surface area contributed by atoms with Crippen molar-refractivity contribution >= 4 is 5.82 Å². The molecule has 2 aromatic rings. The Bertz CT molecular complexity index is 744. The van der Waals surface area contributed by atoms with Gasteiger partial charge in [0, 0.05) is 43.9 Å². The normalized spacial score (nSPS) is 26.8. The van der Waals surface area contributed by atoms with E-state index in [4.69, 9.17) is 4.52 Å². The number of aryl methyl sites for hydroxylation is 1. The number of nitrogens with zero attached hydrogens (tertiary/aromatic N) is 6. The maximum Gasteiger partial charge on any atom is 0.229 e. The lowest BCUT2D eigenvalue weighted by Gasteiger charge is -2.22. The summed E-state index contributed by atoms with van der Waals surface area (Å²) in [4.78, 5) is 18.1. The van der Waals surface area contributed by atoms with Gasteiger partial charge >= 0.3 is 0 Å². The van der Waals surface area contributed by atoms with Gasteiger partial charge in [-0.25, -0.2) is 9.97 Å². The minimum Gasteiger partial charge on any atom is -0.356 e. The molecule has 1 saturated carbocycles. The lowest BCUT2D eigenvalue weighted by Crippen LogP contribution is -2.29. The van der Waals surface area contributed by atoms with E-state index in [1.807, 2.05) is 6.20 Å². The summed E-state index contributed by atoms with van der Waals surface area (Å²) in [6.07, 6.45) is 7.25. The van der Waals surface area contributed by atoms with Gasteiger partial charge in [-0.2, -0.15) is 4.98 Å². The van der Waals surface area contributed by atoms with Crippen molar-refractivity contribution < 1.29 is 4.52 Å². The number of aromatic nitrogens is 4. The predicted octanol–water partition coefficient (Wildman–Crippen LogP) is 2.00. The van der Waals surface area contributed by atoms with Crippen molar-refractivity contribution in [2.24, 2.45) is 11.8 Å². The first-order valence-electron chi connectivity index (χ1n) is 9.32. The lowest BCUT2D eigenvalue weighted by molar-refractivity contribution is 0.278. The summed E-state index contributed by atoms with van der Waals surface area (Å²) < 4.78 is 5.45. The van der Waals surface area contributed by atoms with Crippen molar-refractivity contribution in [3.8, 4) is 0 Å². The summed E-state index contributed by atoms with van der Waals surface area (Å²) >= 11 is 0. The molecule has 5 rings (SSSR count). The van der Waals surface area contributed by atoms with Crippen LogP contribution in [0.3, 0.4) is 0 Å². The Morgan fingerprint density at radius 1 is 1.16 bits per heavy atom. The zero-order chi connectivity index (χ0) is 16.8. The van der Waals surface area contributed by atoms with E-state index in [0.29, 0.717) is 17.8 Å². The average molecular weight is 340 g/mol. The molecule has 0 spiro atoms. The minimum atomic E-state index is 0.517. The first kappa shape index (κ1) is 15.3. The highest BCUT2D eigenvalue weighted by molar-refractivity contribution is 5.46. The fourth-order valence-corrected chi connectivity index (χ4v) is 4.47. The number of likely N-dealkylation sites (tertiary alicyclic amines) is 1. The molecule has 2 aromatic heterocycles. The topological polar surface area (TPSA) is 71.2 Å². The smallest absolute Gasteiger partial charge is 0.229 e. The number of fused-ring (bicyclic) bond motifs is 1. The minimum absolute atomic E-state index is 0.517. The van der Waals surface area contributed by atoms with Gasteiger partial charge in [-0.05, 0) is 31.6 Å². The van der Waals surface area contributed by atoms with Crippen LogP contribution in [0.5, 0.6) is 0 Å². The van der Waals surface area contributed by atoms with Crippen molar-refractivity contribution in [1.82, 2.24) is 25.0 Å². The van der Waals surface area contributed by atoms with E-state index < -0.39 is 0 Å². The molecule has 1 aliphatic carbocycles. The Morgan fingerprint density at radius 3 is 2.64 bits per heavy atom. The fraction of sp³-hybridized carbons (Fsp3) is 0.667. The first-order chi connectivity index (χ1) is 12.3. The van der Waals surface area contributed by atoms with Gasteiger partial charge in [0.05, 0.1) is 6.54 Å². The fourth-order valence-electron chi connectivity index (χ4n) is 4.47. The van der Waals surface area contributed by atoms with Crippen LogP contribution < -0.4 is 4.90 Å². The molecule has 0 N–H and O–H groups in total. The average Bonchev–Trinajstić information content (AvgIpc) is 3.22. The highest BCUT2D eigenvalue weighted by Crippen LogP contribution is 2.36. The molecule has 3 aliphatic rings. The third kappa shape index (κ3) is 2.80. The van der Waals surface area contributed by atoms with Crippen LogP contribution in [0.4, 0.5) is 5.82 Å².